The summed E-state index contributed by atoms with van der Waals surface area (Å²) in [4.78, 5) is 13.6. The third kappa shape index (κ3) is 3.67. The number of hydrogen-bond donors (Lipinski definition) is 0. The molecule has 25 heavy (non-hydrogen) atoms. The molecule has 2 aliphatic heterocycles. The summed E-state index contributed by atoms with van der Waals surface area (Å²) in [5, 5.41) is 0. The minimum absolute atomic E-state index is 0.318. The minimum atomic E-state index is 0.318. The van der Waals surface area contributed by atoms with Crippen LogP contribution in [0, 0.1) is 5.92 Å². The molecule has 2 fully saturated rings. The molecule has 0 radical (unpaired) electrons. The summed E-state index contributed by atoms with van der Waals surface area (Å²) < 4.78 is 5.91. The van der Waals surface area contributed by atoms with E-state index in [0.29, 0.717) is 11.5 Å². The van der Waals surface area contributed by atoms with Crippen molar-refractivity contribution in [2.45, 2.75) is 24.9 Å². The Morgan fingerprint density at radius 1 is 1.20 bits per heavy atom. The van der Waals surface area contributed by atoms with Crippen LogP contribution in [0.5, 0.6) is 5.88 Å². The maximum absolute atomic E-state index is 5.91. The Balaban J connectivity index is 1.31. The van der Waals surface area contributed by atoms with Gasteiger partial charge in [0, 0.05) is 49.8 Å². The Bertz CT molecular complexity index is 673. The molecule has 2 aliphatic rings. The van der Waals surface area contributed by atoms with E-state index in [9.17, 15) is 0 Å². The number of likely N-dealkylation sites (N-methyl/N-ethyl adjacent to an activating group) is 1. The van der Waals surface area contributed by atoms with Crippen molar-refractivity contribution in [1.82, 2.24) is 19.8 Å². The van der Waals surface area contributed by atoms with Gasteiger partial charge in [0.1, 0.15) is 0 Å². The number of likely N-dealkylation sites (tertiary alicyclic amines) is 2. The molecule has 2 aromatic heterocycles. The van der Waals surface area contributed by atoms with Crippen LogP contribution in [0.25, 0.3) is 0 Å². The average molecular weight is 338 g/mol. The molecule has 0 bridgehead atoms. The van der Waals surface area contributed by atoms with E-state index in [1.807, 2.05) is 36.7 Å². The van der Waals surface area contributed by atoms with E-state index in [0.717, 1.165) is 38.7 Å². The van der Waals surface area contributed by atoms with E-state index in [1.54, 1.807) is 6.20 Å². The molecule has 0 aromatic carbocycles. The van der Waals surface area contributed by atoms with Gasteiger partial charge in [0.05, 0.1) is 6.61 Å². The number of hydrogen-bond acceptors (Lipinski definition) is 5. The zero-order valence-corrected chi connectivity index (χ0v) is 14.8. The summed E-state index contributed by atoms with van der Waals surface area (Å²) in [5.41, 5.74) is 1.62. The van der Waals surface area contributed by atoms with Gasteiger partial charge in [0.2, 0.25) is 5.88 Å². The Morgan fingerprint density at radius 2 is 2.12 bits per heavy atom. The molecule has 132 valence electrons. The molecule has 0 unspecified atom stereocenters. The monoisotopic (exact) mass is 338 g/mol. The smallest absolute Gasteiger partial charge is 0.213 e. The minimum Gasteiger partial charge on any atom is -0.477 e. The zero-order chi connectivity index (χ0) is 17.1. The topological polar surface area (TPSA) is 41.5 Å². The lowest BCUT2D eigenvalue weighted by Gasteiger charge is -2.58. The molecule has 1 spiro atoms. The summed E-state index contributed by atoms with van der Waals surface area (Å²) in [6, 6.07) is 10.0. The first-order valence-electron chi connectivity index (χ1n) is 9.10. The van der Waals surface area contributed by atoms with Crippen LogP contribution in [0.3, 0.4) is 0 Å². The van der Waals surface area contributed by atoms with Gasteiger partial charge in [-0.1, -0.05) is 12.1 Å². The van der Waals surface area contributed by atoms with Crippen LogP contribution in [-0.4, -0.2) is 58.6 Å². The Labute approximate surface area is 149 Å². The molecule has 5 heteroatoms. The number of piperidine rings is 1. The van der Waals surface area contributed by atoms with Crippen LogP contribution in [0.2, 0.25) is 0 Å². The maximum atomic E-state index is 5.91. The van der Waals surface area contributed by atoms with Crippen molar-refractivity contribution < 1.29 is 4.74 Å². The van der Waals surface area contributed by atoms with E-state index in [1.165, 1.54) is 18.4 Å². The Hall–Kier alpha value is -1.98. The van der Waals surface area contributed by atoms with Gasteiger partial charge in [-0.25, -0.2) is 4.98 Å². The second-order valence-corrected chi connectivity index (χ2v) is 7.49. The molecule has 0 amide bonds. The molecular weight excluding hydrogens is 312 g/mol. The highest BCUT2D eigenvalue weighted by molar-refractivity contribution is 5.13. The van der Waals surface area contributed by atoms with Gasteiger partial charge in [-0.15, -0.1) is 0 Å². The first kappa shape index (κ1) is 16.5. The largest absolute Gasteiger partial charge is 0.477 e. The Morgan fingerprint density at radius 3 is 2.88 bits per heavy atom. The van der Waals surface area contributed by atoms with E-state index in [-0.39, 0.29) is 0 Å². The predicted molar refractivity (Wildman–Crippen MR) is 97.3 cm³/mol. The zero-order valence-electron chi connectivity index (χ0n) is 14.8. The average Bonchev–Trinajstić information content (AvgIpc) is 2.63. The number of pyridine rings is 2. The summed E-state index contributed by atoms with van der Waals surface area (Å²) in [7, 11) is 2.28. The van der Waals surface area contributed by atoms with E-state index >= 15 is 0 Å². The van der Waals surface area contributed by atoms with E-state index in [2.05, 4.69) is 32.9 Å². The van der Waals surface area contributed by atoms with Crippen LogP contribution < -0.4 is 4.74 Å². The standard InChI is InChI=1S/C20H26N4O/c1-23-10-7-17(14-25-19-6-2-3-9-22-19)11-20(23)15-24(16-20)13-18-5-4-8-21-12-18/h2-6,8-9,12,17H,7,10-11,13-16H2,1H3/t17-/m0/s1. The fraction of sp³-hybridized carbons (Fsp3) is 0.500. The fourth-order valence-corrected chi connectivity index (χ4v) is 4.20. The second-order valence-electron chi connectivity index (χ2n) is 7.49. The lowest BCUT2D eigenvalue weighted by Crippen LogP contribution is -2.71. The van der Waals surface area contributed by atoms with Gasteiger partial charge >= 0.3 is 0 Å². The van der Waals surface area contributed by atoms with Crippen molar-refractivity contribution in [2.75, 3.05) is 33.3 Å². The number of aromatic nitrogens is 2. The van der Waals surface area contributed by atoms with Crippen molar-refractivity contribution in [3.63, 3.8) is 0 Å². The van der Waals surface area contributed by atoms with Crippen molar-refractivity contribution in [3.8, 4) is 5.88 Å². The lowest BCUT2D eigenvalue weighted by molar-refractivity contribution is -0.0875. The number of rotatable bonds is 5. The molecule has 1 atom stereocenters. The molecule has 2 saturated heterocycles. The molecule has 0 aliphatic carbocycles. The van der Waals surface area contributed by atoms with Crippen LogP contribution >= 0.6 is 0 Å². The van der Waals surface area contributed by atoms with Gasteiger partial charge in [-0.05, 0) is 50.0 Å². The third-order valence-corrected chi connectivity index (χ3v) is 5.62. The SMILES string of the molecule is CN1CC[C@H](COc2ccccn2)CC12CN(Cc1cccnc1)C2. The fourth-order valence-electron chi connectivity index (χ4n) is 4.20. The number of nitrogens with zero attached hydrogens (tertiary/aromatic N) is 4. The van der Waals surface area contributed by atoms with E-state index in [4.69, 9.17) is 4.74 Å². The molecule has 4 heterocycles. The first-order chi connectivity index (χ1) is 12.2. The first-order valence-corrected chi connectivity index (χ1v) is 9.10. The number of ether oxygens (including phenoxy) is 1. The van der Waals surface area contributed by atoms with Gasteiger partial charge in [-0.3, -0.25) is 14.8 Å². The molecule has 2 aromatic rings. The Kier molecular flexibility index (Phi) is 4.68. The molecule has 4 rings (SSSR count). The van der Waals surface area contributed by atoms with Crippen molar-refractivity contribution >= 4 is 0 Å². The van der Waals surface area contributed by atoms with Crippen LogP contribution in [0.15, 0.2) is 48.9 Å². The van der Waals surface area contributed by atoms with Crippen LogP contribution in [0.1, 0.15) is 18.4 Å². The van der Waals surface area contributed by atoms with Crippen molar-refractivity contribution in [2.24, 2.45) is 5.92 Å². The quantitative estimate of drug-likeness (QED) is 0.838. The van der Waals surface area contributed by atoms with E-state index < -0.39 is 0 Å². The van der Waals surface area contributed by atoms with Gasteiger partial charge in [0.25, 0.3) is 0 Å². The predicted octanol–water partition coefficient (Wildman–Crippen LogP) is 2.45. The molecule has 5 nitrogen and oxygen atoms in total. The molecule has 0 saturated carbocycles. The maximum Gasteiger partial charge on any atom is 0.213 e. The summed E-state index contributed by atoms with van der Waals surface area (Å²) in [5.74, 6) is 1.35. The molecule has 0 N–H and O–H groups in total. The van der Waals surface area contributed by atoms with Crippen LogP contribution in [-0.2, 0) is 6.54 Å². The summed E-state index contributed by atoms with van der Waals surface area (Å²) in [6.07, 6.45) is 8.00. The van der Waals surface area contributed by atoms with Gasteiger partial charge in [0.15, 0.2) is 0 Å². The highest BCUT2D eigenvalue weighted by atomic mass is 16.5. The lowest BCUT2D eigenvalue weighted by atomic mass is 9.75. The summed E-state index contributed by atoms with van der Waals surface area (Å²) in [6.45, 7) is 5.20. The second kappa shape index (κ2) is 7.10. The van der Waals surface area contributed by atoms with Crippen LogP contribution in [0.4, 0.5) is 0 Å². The van der Waals surface area contributed by atoms with Gasteiger partial charge < -0.3 is 4.74 Å². The summed E-state index contributed by atoms with van der Waals surface area (Å²) >= 11 is 0. The van der Waals surface area contributed by atoms with Crippen molar-refractivity contribution in [1.29, 1.82) is 0 Å². The highest BCUT2D eigenvalue weighted by Crippen LogP contribution is 2.38. The normalized spacial score (nSPS) is 23.3. The highest BCUT2D eigenvalue weighted by Gasteiger charge is 2.49. The van der Waals surface area contributed by atoms with Crippen molar-refractivity contribution in [3.05, 3.63) is 54.5 Å². The van der Waals surface area contributed by atoms with Gasteiger partial charge in [-0.2, -0.15) is 0 Å². The molecular formula is C20H26N4O. The third-order valence-electron chi connectivity index (χ3n) is 5.62.